The average Bonchev–Trinajstić information content (AvgIpc) is 3.04. The Morgan fingerprint density at radius 1 is 1.22 bits per heavy atom. The average molecular weight is 374 g/mol. The highest BCUT2D eigenvalue weighted by atomic mass is 16.2. The summed E-state index contributed by atoms with van der Waals surface area (Å²) in [6.07, 6.45) is 7.30. The van der Waals surface area contributed by atoms with Crippen molar-refractivity contribution >= 4 is 17.8 Å². The Balaban J connectivity index is 1.72. The number of hydrogen-bond donors (Lipinski definition) is 1. The molecule has 2 amide bonds. The molecule has 3 rings (SSSR count). The van der Waals surface area contributed by atoms with Crippen LogP contribution in [0.2, 0.25) is 0 Å². The van der Waals surface area contributed by atoms with Crippen molar-refractivity contribution in [3.63, 3.8) is 0 Å². The van der Waals surface area contributed by atoms with E-state index in [2.05, 4.69) is 27.1 Å². The topological polar surface area (TPSA) is 78.4 Å². The van der Waals surface area contributed by atoms with Crippen LogP contribution in [0.5, 0.6) is 0 Å². The molecule has 0 unspecified atom stereocenters. The number of anilines is 1. The number of carbonyl (C=O) groups is 2. The first-order chi connectivity index (χ1) is 13.0. The van der Waals surface area contributed by atoms with Crippen molar-refractivity contribution in [1.82, 2.24) is 20.2 Å². The van der Waals surface area contributed by atoms with Gasteiger partial charge in [0, 0.05) is 39.3 Å². The lowest BCUT2D eigenvalue weighted by molar-refractivity contribution is -0.119. The third-order valence-electron chi connectivity index (χ3n) is 5.61. The molecule has 1 aromatic heterocycles. The Morgan fingerprint density at radius 2 is 1.96 bits per heavy atom. The standard InChI is InChI=1S/C20H31N5O2/c1-4-8-16-12-25(13-18(16)23-15(3)26)19(27)17-11-21-20(22-14(17)2)24-9-6-5-7-10-24/h11,16,18H,4-10,12-13H2,1-3H3,(H,23,26)/t16-,18-/m1/s1. The molecule has 148 valence electrons. The van der Waals surface area contributed by atoms with Crippen LogP contribution in [0.25, 0.3) is 0 Å². The van der Waals surface area contributed by atoms with Gasteiger partial charge >= 0.3 is 0 Å². The summed E-state index contributed by atoms with van der Waals surface area (Å²) in [5, 5.41) is 3.01. The molecule has 0 spiro atoms. The summed E-state index contributed by atoms with van der Waals surface area (Å²) in [7, 11) is 0. The lowest BCUT2D eigenvalue weighted by Gasteiger charge is -2.27. The highest BCUT2D eigenvalue weighted by Crippen LogP contribution is 2.25. The summed E-state index contributed by atoms with van der Waals surface area (Å²) in [5.74, 6) is 0.953. The van der Waals surface area contributed by atoms with Gasteiger partial charge in [-0.2, -0.15) is 0 Å². The number of likely N-dealkylation sites (tertiary alicyclic amines) is 1. The Hall–Kier alpha value is -2.18. The number of hydrogen-bond acceptors (Lipinski definition) is 5. The van der Waals surface area contributed by atoms with Gasteiger partial charge in [-0.1, -0.05) is 13.3 Å². The zero-order valence-electron chi connectivity index (χ0n) is 16.7. The molecule has 7 heteroatoms. The van der Waals surface area contributed by atoms with Crippen molar-refractivity contribution in [3.05, 3.63) is 17.5 Å². The van der Waals surface area contributed by atoms with Crippen molar-refractivity contribution in [1.29, 1.82) is 0 Å². The summed E-state index contributed by atoms with van der Waals surface area (Å²) >= 11 is 0. The van der Waals surface area contributed by atoms with Gasteiger partial charge in [0.2, 0.25) is 11.9 Å². The summed E-state index contributed by atoms with van der Waals surface area (Å²) in [6.45, 7) is 8.73. The van der Waals surface area contributed by atoms with Crippen LogP contribution in [0.3, 0.4) is 0 Å². The van der Waals surface area contributed by atoms with Gasteiger partial charge in [-0.05, 0) is 38.5 Å². The quantitative estimate of drug-likeness (QED) is 0.856. The number of nitrogens with one attached hydrogen (secondary N) is 1. The number of carbonyl (C=O) groups excluding carboxylic acids is 2. The fraction of sp³-hybridized carbons (Fsp3) is 0.700. The molecule has 2 aliphatic heterocycles. The van der Waals surface area contributed by atoms with Gasteiger partial charge in [0.15, 0.2) is 0 Å². The molecule has 2 fully saturated rings. The summed E-state index contributed by atoms with van der Waals surface area (Å²) in [6, 6.07) is 0.0280. The van der Waals surface area contributed by atoms with Crippen molar-refractivity contribution in [2.24, 2.45) is 5.92 Å². The van der Waals surface area contributed by atoms with Crippen LogP contribution in [0, 0.1) is 12.8 Å². The highest BCUT2D eigenvalue weighted by Gasteiger charge is 2.36. The molecule has 0 radical (unpaired) electrons. The maximum Gasteiger partial charge on any atom is 0.257 e. The van der Waals surface area contributed by atoms with E-state index in [-0.39, 0.29) is 17.9 Å². The van der Waals surface area contributed by atoms with E-state index in [1.807, 2.05) is 11.8 Å². The maximum absolute atomic E-state index is 13.1. The van der Waals surface area contributed by atoms with Crippen LogP contribution in [0.4, 0.5) is 5.95 Å². The molecule has 2 atom stereocenters. The number of rotatable bonds is 5. The van der Waals surface area contributed by atoms with Crippen LogP contribution in [0.15, 0.2) is 6.20 Å². The number of aromatic nitrogens is 2. The molecule has 7 nitrogen and oxygen atoms in total. The molecule has 0 bridgehead atoms. The molecule has 1 N–H and O–H groups in total. The Morgan fingerprint density at radius 3 is 2.59 bits per heavy atom. The Kier molecular flexibility index (Phi) is 6.29. The fourth-order valence-electron chi connectivity index (χ4n) is 4.21. The summed E-state index contributed by atoms with van der Waals surface area (Å²) in [4.78, 5) is 37.7. The first-order valence-electron chi connectivity index (χ1n) is 10.1. The van der Waals surface area contributed by atoms with Gasteiger partial charge in [0.1, 0.15) is 0 Å². The minimum Gasteiger partial charge on any atom is -0.351 e. The van der Waals surface area contributed by atoms with Crippen LogP contribution < -0.4 is 10.2 Å². The van der Waals surface area contributed by atoms with Crippen LogP contribution >= 0.6 is 0 Å². The molecule has 1 aromatic rings. The Bertz CT molecular complexity index is 687. The number of piperidine rings is 1. The van der Waals surface area contributed by atoms with E-state index in [4.69, 9.17) is 0 Å². The van der Waals surface area contributed by atoms with Crippen molar-refractivity contribution in [2.45, 2.75) is 58.9 Å². The maximum atomic E-state index is 13.1. The predicted molar refractivity (Wildman–Crippen MR) is 105 cm³/mol. The third-order valence-corrected chi connectivity index (χ3v) is 5.61. The van der Waals surface area contributed by atoms with Crippen molar-refractivity contribution < 1.29 is 9.59 Å². The lowest BCUT2D eigenvalue weighted by atomic mass is 9.98. The SMILES string of the molecule is CCC[C@@H]1CN(C(=O)c2cnc(N3CCCCC3)nc2C)C[C@H]1NC(C)=O. The van der Waals surface area contributed by atoms with Gasteiger partial charge in [0.05, 0.1) is 17.3 Å². The first kappa shape index (κ1) is 19.6. The molecule has 2 aliphatic rings. The van der Waals surface area contributed by atoms with Gasteiger partial charge < -0.3 is 15.1 Å². The van der Waals surface area contributed by atoms with E-state index in [9.17, 15) is 9.59 Å². The van der Waals surface area contributed by atoms with E-state index in [1.165, 1.54) is 26.2 Å². The summed E-state index contributed by atoms with van der Waals surface area (Å²) in [5.41, 5.74) is 1.29. The van der Waals surface area contributed by atoms with Crippen molar-refractivity contribution in [3.8, 4) is 0 Å². The molecule has 27 heavy (non-hydrogen) atoms. The van der Waals surface area contributed by atoms with Crippen molar-refractivity contribution in [2.75, 3.05) is 31.1 Å². The van der Waals surface area contributed by atoms with Gasteiger partial charge in [-0.3, -0.25) is 9.59 Å². The lowest BCUT2D eigenvalue weighted by Crippen LogP contribution is -2.40. The molecule has 0 aromatic carbocycles. The van der Waals surface area contributed by atoms with Gasteiger partial charge in [-0.25, -0.2) is 9.97 Å². The van der Waals surface area contributed by atoms with E-state index >= 15 is 0 Å². The monoisotopic (exact) mass is 373 g/mol. The van der Waals surface area contributed by atoms with Gasteiger partial charge in [-0.15, -0.1) is 0 Å². The molecular weight excluding hydrogens is 342 g/mol. The highest BCUT2D eigenvalue weighted by molar-refractivity contribution is 5.95. The van der Waals surface area contributed by atoms with E-state index < -0.39 is 0 Å². The molecule has 3 heterocycles. The van der Waals surface area contributed by atoms with Crippen LogP contribution in [-0.4, -0.2) is 58.9 Å². The smallest absolute Gasteiger partial charge is 0.257 e. The second kappa shape index (κ2) is 8.67. The van der Waals surface area contributed by atoms with E-state index in [1.54, 1.807) is 6.20 Å². The Labute approximate surface area is 161 Å². The first-order valence-corrected chi connectivity index (χ1v) is 10.1. The zero-order valence-corrected chi connectivity index (χ0v) is 16.7. The number of aryl methyl sites for hydroxylation is 1. The number of nitrogens with zero attached hydrogens (tertiary/aromatic N) is 4. The molecule has 0 saturated carbocycles. The summed E-state index contributed by atoms with van der Waals surface area (Å²) < 4.78 is 0. The van der Waals surface area contributed by atoms with Gasteiger partial charge in [0.25, 0.3) is 5.91 Å². The zero-order chi connectivity index (χ0) is 19.4. The predicted octanol–water partition coefficient (Wildman–Crippen LogP) is 2.15. The molecular formula is C20H31N5O2. The van der Waals surface area contributed by atoms with Crippen LogP contribution in [0.1, 0.15) is 62.0 Å². The largest absolute Gasteiger partial charge is 0.351 e. The minimum absolute atomic E-state index is 0.0280. The second-order valence-electron chi connectivity index (χ2n) is 7.78. The van der Waals surface area contributed by atoms with E-state index in [0.717, 1.165) is 37.6 Å². The second-order valence-corrected chi connectivity index (χ2v) is 7.78. The fourth-order valence-corrected chi connectivity index (χ4v) is 4.21. The molecule has 0 aliphatic carbocycles. The van der Waals surface area contributed by atoms with Crippen LogP contribution in [-0.2, 0) is 4.79 Å². The number of amides is 2. The minimum atomic E-state index is -0.0409. The normalized spacial score (nSPS) is 22.8. The molecule has 2 saturated heterocycles. The van der Waals surface area contributed by atoms with E-state index in [0.29, 0.717) is 24.6 Å². The third kappa shape index (κ3) is 4.57.